The van der Waals surface area contributed by atoms with Crippen molar-refractivity contribution in [2.75, 3.05) is 12.0 Å². The zero-order valence-electron chi connectivity index (χ0n) is 8.86. The van der Waals surface area contributed by atoms with Crippen LogP contribution in [0.25, 0.3) is 0 Å². The fraction of sp³-hybridized carbons (Fsp3) is 0.273. The van der Waals surface area contributed by atoms with Crippen LogP contribution in [-0.2, 0) is 9.53 Å². The molecule has 0 bridgehead atoms. The Labute approximate surface area is 101 Å². The third-order valence-electron chi connectivity index (χ3n) is 2.50. The molecule has 0 aromatic heterocycles. The van der Waals surface area contributed by atoms with Crippen molar-refractivity contribution in [1.82, 2.24) is 0 Å². The van der Waals surface area contributed by atoms with E-state index in [-0.39, 0.29) is 11.7 Å². The minimum atomic E-state index is -0.832. The van der Waals surface area contributed by atoms with Crippen LogP contribution >= 0.6 is 15.9 Å². The first-order chi connectivity index (χ1) is 7.56. The number of hydrogen-bond acceptors (Lipinski definition) is 3. The summed E-state index contributed by atoms with van der Waals surface area (Å²) >= 11 is 3.29. The van der Waals surface area contributed by atoms with E-state index < -0.39 is 6.23 Å². The molecule has 84 valence electrons. The Bertz CT molecular complexity index is 472. The average molecular weight is 284 g/mol. The summed E-state index contributed by atoms with van der Waals surface area (Å²) in [6.07, 6.45) is -0.832. The van der Waals surface area contributed by atoms with Gasteiger partial charge in [0, 0.05) is 24.1 Å². The number of ketones is 1. The molecule has 1 aromatic rings. The van der Waals surface area contributed by atoms with Gasteiger partial charge in [0.05, 0.1) is 5.69 Å². The first-order valence-corrected chi connectivity index (χ1v) is 5.52. The number of ether oxygens (including phenoxy) is 1. The molecule has 0 saturated carbocycles. The molecule has 0 spiro atoms. The van der Waals surface area contributed by atoms with E-state index in [2.05, 4.69) is 15.9 Å². The van der Waals surface area contributed by atoms with Gasteiger partial charge in [0.2, 0.25) is 17.9 Å². The van der Waals surface area contributed by atoms with Crippen molar-refractivity contribution in [2.45, 2.75) is 13.2 Å². The summed E-state index contributed by atoms with van der Waals surface area (Å²) in [6.45, 7) is 1.41. The minimum absolute atomic E-state index is 0.186. The number of methoxy groups -OCH3 is 1. The Kier molecular flexibility index (Phi) is 2.82. The number of nitrogens with zero attached hydrogens (tertiary/aromatic N) is 1. The van der Waals surface area contributed by atoms with E-state index >= 15 is 0 Å². The molecule has 1 amide bonds. The third kappa shape index (κ3) is 1.56. The Morgan fingerprint density at radius 1 is 1.50 bits per heavy atom. The van der Waals surface area contributed by atoms with Gasteiger partial charge in [-0.25, -0.2) is 0 Å². The number of benzene rings is 1. The Morgan fingerprint density at radius 3 is 2.75 bits per heavy atom. The predicted molar refractivity (Wildman–Crippen MR) is 62.4 cm³/mol. The van der Waals surface area contributed by atoms with E-state index in [0.717, 1.165) is 4.47 Å². The number of amides is 1. The number of hydrogen-bond donors (Lipinski definition) is 0. The number of fused-ring (bicyclic) bond motifs is 1. The monoisotopic (exact) mass is 283 g/mol. The van der Waals surface area contributed by atoms with Crippen molar-refractivity contribution in [3.05, 3.63) is 28.2 Å². The summed E-state index contributed by atoms with van der Waals surface area (Å²) in [4.78, 5) is 24.8. The smallest absolute Gasteiger partial charge is 0.226 e. The first kappa shape index (κ1) is 11.3. The number of Topliss-reactive ketones (excluding diaryl/α,β-unsaturated/α-hetero) is 1. The fourth-order valence-electron chi connectivity index (χ4n) is 1.84. The molecule has 5 heteroatoms. The number of carbonyl (C=O) groups excluding carboxylic acids is 2. The second kappa shape index (κ2) is 3.99. The SMILES string of the molecule is COC1C(=O)c2cc(Br)ccc2N1C(C)=O. The van der Waals surface area contributed by atoms with Crippen molar-refractivity contribution in [3.8, 4) is 0 Å². The molecule has 1 atom stereocenters. The maximum Gasteiger partial charge on any atom is 0.226 e. The maximum absolute atomic E-state index is 12.0. The molecule has 1 unspecified atom stereocenters. The summed E-state index contributed by atoms with van der Waals surface area (Å²) < 4.78 is 5.87. The van der Waals surface area contributed by atoms with Crippen LogP contribution in [0, 0.1) is 0 Å². The molecule has 0 fully saturated rings. The average Bonchev–Trinajstić information content (AvgIpc) is 2.51. The van der Waals surface area contributed by atoms with Gasteiger partial charge >= 0.3 is 0 Å². The van der Waals surface area contributed by atoms with Gasteiger partial charge in [-0.3, -0.25) is 14.5 Å². The second-order valence-corrected chi connectivity index (χ2v) is 4.42. The van der Waals surface area contributed by atoms with E-state index in [1.807, 2.05) is 0 Å². The van der Waals surface area contributed by atoms with Crippen LogP contribution in [0.2, 0.25) is 0 Å². The lowest BCUT2D eigenvalue weighted by atomic mass is 10.1. The van der Waals surface area contributed by atoms with Crippen molar-refractivity contribution < 1.29 is 14.3 Å². The van der Waals surface area contributed by atoms with E-state index in [1.165, 1.54) is 18.9 Å². The van der Waals surface area contributed by atoms with Crippen molar-refractivity contribution in [3.63, 3.8) is 0 Å². The van der Waals surface area contributed by atoms with Gasteiger partial charge in [-0.05, 0) is 18.2 Å². The lowest BCUT2D eigenvalue weighted by Crippen LogP contribution is -2.40. The van der Waals surface area contributed by atoms with Gasteiger partial charge in [-0.15, -0.1) is 0 Å². The summed E-state index contributed by atoms with van der Waals surface area (Å²) in [6, 6.07) is 5.23. The Morgan fingerprint density at radius 2 is 2.19 bits per heavy atom. The van der Waals surface area contributed by atoms with Crippen LogP contribution in [0.1, 0.15) is 17.3 Å². The molecular formula is C11H10BrNO3. The van der Waals surface area contributed by atoms with Gasteiger partial charge in [0.25, 0.3) is 0 Å². The highest BCUT2D eigenvalue weighted by molar-refractivity contribution is 9.10. The van der Waals surface area contributed by atoms with Crippen LogP contribution in [-0.4, -0.2) is 25.0 Å². The quantitative estimate of drug-likeness (QED) is 0.792. The third-order valence-corrected chi connectivity index (χ3v) is 3.00. The molecule has 0 radical (unpaired) electrons. The molecular weight excluding hydrogens is 274 g/mol. The summed E-state index contributed by atoms with van der Waals surface area (Å²) in [5, 5.41) is 0. The summed E-state index contributed by atoms with van der Waals surface area (Å²) in [5.41, 5.74) is 1.11. The van der Waals surface area contributed by atoms with Crippen LogP contribution < -0.4 is 4.90 Å². The molecule has 16 heavy (non-hydrogen) atoms. The second-order valence-electron chi connectivity index (χ2n) is 3.50. The van der Waals surface area contributed by atoms with Crippen LogP contribution in [0.5, 0.6) is 0 Å². The molecule has 0 saturated heterocycles. The highest BCUT2D eigenvalue weighted by atomic mass is 79.9. The molecule has 2 rings (SSSR count). The molecule has 1 heterocycles. The Hall–Kier alpha value is -1.20. The molecule has 1 aliphatic heterocycles. The van der Waals surface area contributed by atoms with Crippen LogP contribution in [0.15, 0.2) is 22.7 Å². The lowest BCUT2D eigenvalue weighted by Gasteiger charge is -2.20. The van der Waals surface area contributed by atoms with Crippen molar-refractivity contribution >= 4 is 33.3 Å². The largest absolute Gasteiger partial charge is 0.354 e. The van der Waals surface area contributed by atoms with Gasteiger partial charge in [-0.2, -0.15) is 0 Å². The number of rotatable bonds is 1. The van der Waals surface area contributed by atoms with E-state index in [1.54, 1.807) is 18.2 Å². The molecule has 0 aliphatic carbocycles. The number of anilines is 1. The number of halogens is 1. The highest BCUT2D eigenvalue weighted by Gasteiger charge is 2.39. The van der Waals surface area contributed by atoms with Gasteiger partial charge in [-0.1, -0.05) is 15.9 Å². The van der Waals surface area contributed by atoms with Crippen LogP contribution in [0.4, 0.5) is 5.69 Å². The normalized spacial score (nSPS) is 18.8. The minimum Gasteiger partial charge on any atom is -0.354 e. The van der Waals surface area contributed by atoms with Crippen molar-refractivity contribution in [2.24, 2.45) is 0 Å². The summed E-state index contributed by atoms with van der Waals surface area (Å²) in [7, 11) is 1.42. The van der Waals surface area contributed by atoms with E-state index in [0.29, 0.717) is 11.3 Å². The standard InChI is InChI=1S/C11H10BrNO3/c1-6(14)13-9-4-3-7(12)5-8(9)10(15)11(13)16-2/h3-5,11H,1-2H3. The number of carbonyl (C=O) groups is 2. The molecule has 0 N–H and O–H groups in total. The van der Waals surface area contributed by atoms with Gasteiger partial charge < -0.3 is 4.74 Å². The molecule has 4 nitrogen and oxygen atoms in total. The first-order valence-electron chi connectivity index (χ1n) is 4.72. The predicted octanol–water partition coefficient (Wildman–Crippen LogP) is 1.97. The topological polar surface area (TPSA) is 46.6 Å². The highest BCUT2D eigenvalue weighted by Crippen LogP contribution is 2.34. The maximum atomic E-state index is 12.0. The zero-order valence-corrected chi connectivity index (χ0v) is 10.4. The van der Waals surface area contributed by atoms with Crippen molar-refractivity contribution in [1.29, 1.82) is 0 Å². The summed E-state index contributed by atoms with van der Waals surface area (Å²) in [5.74, 6) is -0.393. The van der Waals surface area contributed by atoms with Gasteiger partial charge in [0.15, 0.2) is 0 Å². The molecule has 1 aromatic carbocycles. The molecule has 1 aliphatic rings. The Balaban J connectivity index is 2.58. The zero-order chi connectivity index (χ0) is 11.9. The van der Waals surface area contributed by atoms with Gasteiger partial charge in [0.1, 0.15) is 0 Å². The fourth-order valence-corrected chi connectivity index (χ4v) is 2.20. The van der Waals surface area contributed by atoms with E-state index in [4.69, 9.17) is 4.74 Å². The van der Waals surface area contributed by atoms with E-state index in [9.17, 15) is 9.59 Å². The lowest BCUT2D eigenvalue weighted by molar-refractivity contribution is -0.118. The van der Waals surface area contributed by atoms with Crippen LogP contribution in [0.3, 0.4) is 0 Å².